The number of allylic oxidation sites excluding steroid dienone is 4. The van der Waals surface area contributed by atoms with Crippen molar-refractivity contribution in [2.45, 2.75) is 210 Å². The van der Waals surface area contributed by atoms with Gasteiger partial charge in [0.25, 0.3) is 11.8 Å². The number of hydrogen-bond donors (Lipinski definition) is 2. The van der Waals surface area contributed by atoms with Gasteiger partial charge in [0.05, 0.1) is 35.9 Å². The Labute approximate surface area is 570 Å². The number of nitrogens with zero attached hydrogens (tertiary/aromatic N) is 7. The van der Waals surface area contributed by atoms with Crippen LogP contribution in [0.4, 0.5) is 21.0 Å². The molecule has 9 aliphatic rings. The minimum atomic E-state index is -1.12. The molecule has 9 amide bonds. The molecule has 97 heavy (non-hydrogen) atoms. The molecule has 4 unspecified atom stereocenters. The molecule has 0 bridgehead atoms. The van der Waals surface area contributed by atoms with Crippen molar-refractivity contribution < 1.29 is 66.9 Å². The summed E-state index contributed by atoms with van der Waals surface area (Å²) in [6.07, 6.45) is 15.4. The van der Waals surface area contributed by atoms with E-state index >= 15 is 4.79 Å². The van der Waals surface area contributed by atoms with E-state index in [9.17, 15) is 43.2 Å². The van der Waals surface area contributed by atoms with Gasteiger partial charge in [0, 0.05) is 110 Å². The van der Waals surface area contributed by atoms with Crippen LogP contribution in [0, 0.1) is 11.8 Å². The molecule has 4 saturated heterocycles. The zero-order valence-corrected chi connectivity index (χ0v) is 58.2. The van der Waals surface area contributed by atoms with Crippen molar-refractivity contribution in [1.29, 1.82) is 0 Å². The van der Waals surface area contributed by atoms with Crippen LogP contribution >= 0.6 is 0 Å². The number of likely N-dealkylation sites (N-methyl/N-ethyl adjacent to an activating group) is 1. The number of ketones is 1. The first kappa shape index (κ1) is 70.7. The van der Waals surface area contributed by atoms with E-state index < -0.39 is 71.1 Å². The highest BCUT2D eigenvalue weighted by Gasteiger charge is 2.70. The fraction of sp³-hybridized carbons (Fsp3) is 0.649. The molecule has 2 aromatic carbocycles. The Morgan fingerprint density at radius 3 is 2.04 bits per heavy atom. The summed E-state index contributed by atoms with van der Waals surface area (Å²) in [5.41, 5.74) is 5.88. The number of ether oxygens (including phenoxy) is 4. The van der Waals surface area contributed by atoms with Gasteiger partial charge in [-0.2, -0.15) is 0 Å². The Kier molecular flexibility index (Phi) is 21.7. The number of hydrogen-bond acceptors (Lipinski definition) is 16. The second kappa shape index (κ2) is 29.8. The van der Waals surface area contributed by atoms with Gasteiger partial charge in [0.2, 0.25) is 29.5 Å². The molecular formula is C74H101N9O14. The Morgan fingerprint density at radius 1 is 0.691 bits per heavy atom. The molecule has 0 aromatic heterocycles. The number of epoxide rings is 1. The number of nitrogens with one attached hydrogen (secondary N) is 2. The number of unbranched alkanes of at least 4 members (excludes halogenated alkanes) is 6. The minimum absolute atomic E-state index is 0.00196. The monoisotopic (exact) mass is 1340 g/mol. The smallest absolute Gasteiger partial charge is 0.410 e. The van der Waals surface area contributed by atoms with Crippen molar-refractivity contribution in [3.8, 4) is 0 Å². The van der Waals surface area contributed by atoms with Crippen LogP contribution in [0.1, 0.15) is 196 Å². The molecule has 2 aromatic rings. The lowest BCUT2D eigenvalue weighted by Gasteiger charge is -2.46. The third-order valence-corrected chi connectivity index (χ3v) is 21.2. The van der Waals surface area contributed by atoms with E-state index in [1.165, 1.54) is 37.8 Å². The normalized spacial score (nSPS) is 25.4. The molecule has 23 heteroatoms. The molecule has 2 N–H and O–H groups in total. The summed E-state index contributed by atoms with van der Waals surface area (Å²) in [5, 5.41) is 5.53. The predicted octanol–water partition coefficient (Wildman–Crippen LogP) is 8.94. The van der Waals surface area contributed by atoms with Crippen LogP contribution in [0.3, 0.4) is 0 Å². The molecule has 5 aliphatic heterocycles. The fourth-order valence-electron chi connectivity index (χ4n) is 16.3. The van der Waals surface area contributed by atoms with E-state index in [0.717, 1.165) is 87.6 Å². The second-order valence-corrected chi connectivity index (χ2v) is 30.1. The standard InChI is InChI=1S/C74H101N9O14/c1-72(2,3)96-70(92)79-37-39-81(62(86)21-18-36-77(7)49-25-22-47(23-26-49)54-44-74-55(30-32-60(74)95-74)52-28-24-48-43-50(84)27-29-51(48)63(52)54)59(46-79)68(90)82-40-38-80(71(93)97-73(4,5)6)45-58(82)67(89)78(8)35-14-10-12-16-42-94-41-15-11-9-13-34-75-56-20-17-19-53-64(56)69(91)83(66(53)88)57-31-33-61(85)76-65(57)87/h17,19-20,22-23,25-26,43,52,54-55,57-60,75H,9-16,18,21,24,27-42,44-46H2,1-8H3,(H,76,85,87)/t52-,54+,55?,57?,58?,59?,60-,74+/m0/s1. The maximum absolute atomic E-state index is 15.3. The van der Waals surface area contributed by atoms with Crippen molar-refractivity contribution in [2.24, 2.45) is 11.8 Å². The van der Waals surface area contributed by atoms with Gasteiger partial charge in [0.15, 0.2) is 5.78 Å². The number of carbonyl (C=O) groups is 10. The fourth-order valence-corrected chi connectivity index (χ4v) is 16.3. The maximum Gasteiger partial charge on any atom is 0.410 e. The summed E-state index contributed by atoms with van der Waals surface area (Å²) < 4.78 is 24.0. The van der Waals surface area contributed by atoms with Crippen LogP contribution in [0.15, 0.2) is 65.3 Å². The summed E-state index contributed by atoms with van der Waals surface area (Å²) >= 11 is 0. The molecule has 8 atom stereocenters. The van der Waals surface area contributed by atoms with Gasteiger partial charge in [-0.15, -0.1) is 0 Å². The van der Waals surface area contributed by atoms with Crippen molar-refractivity contribution in [3.63, 3.8) is 0 Å². The molecule has 526 valence electrons. The number of rotatable bonds is 24. The number of carbonyl (C=O) groups excluding carboxylic acids is 10. The summed E-state index contributed by atoms with van der Waals surface area (Å²) in [5.74, 6) is -1.71. The number of benzene rings is 2. The highest BCUT2D eigenvalue weighted by molar-refractivity contribution is 6.25. The van der Waals surface area contributed by atoms with Crippen LogP contribution in [0.2, 0.25) is 0 Å². The van der Waals surface area contributed by atoms with Crippen LogP contribution in [-0.4, -0.2) is 216 Å². The van der Waals surface area contributed by atoms with E-state index in [0.29, 0.717) is 75.7 Å². The number of imide groups is 2. The Balaban J connectivity index is 0.650. The molecule has 6 fully saturated rings. The molecule has 1 spiro atoms. The van der Waals surface area contributed by atoms with E-state index in [4.69, 9.17) is 18.9 Å². The first-order chi connectivity index (χ1) is 46.3. The van der Waals surface area contributed by atoms with Crippen LogP contribution < -0.4 is 15.5 Å². The zero-order chi connectivity index (χ0) is 69.1. The van der Waals surface area contributed by atoms with E-state index in [2.05, 4.69) is 39.8 Å². The molecule has 23 nitrogen and oxygen atoms in total. The van der Waals surface area contributed by atoms with Gasteiger partial charge in [0.1, 0.15) is 29.3 Å². The number of piperidine rings is 1. The number of fused-ring (bicyclic) bond motifs is 4. The average molecular weight is 1340 g/mol. The zero-order valence-electron chi connectivity index (χ0n) is 58.2. The molecule has 5 heterocycles. The summed E-state index contributed by atoms with van der Waals surface area (Å²) in [7, 11) is 3.72. The van der Waals surface area contributed by atoms with Crippen LogP contribution in [0.25, 0.3) is 0 Å². The minimum Gasteiger partial charge on any atom is -0.444 e. The molecule has 0 radical (unpaired) electrons. The van der Waals surface area contributed by atoms with Crippen molar-refractivity contribution in [3.05, 3.63) is 82.0 Å². The van der Waals surface area contributed by atoms with Crippen molar-refractivity contribution in [1.82, 2.24) is 34.7 Å². The SMILES string of the molecule is CN(CCCCCCOCCCCCCNc1cccc2c1C(=O)N(C1CCC(=O)NC1=O)C2=O)C(=O)C1CN(C(=O)OC(C)(C)C)CCN1C(=O)C1CN(C(=O)OC(C)(C)C)CCN1C(=O)CCCN(C)c1ccc([C@H]2C[C@]34O[C@H]3CCC4[C@@H]3CCC4=CC(=O)CCC4=C32)cc1. The number of amides is 9. The molecule has 4 aliphatic carbocycles. The first-order valence-corrected chi connectivity index (χ1v) is 35.7. The van der Waals surface area contributed by atoms with Gasteiger partial charge in [-0.05, 0) is 177 Å². The van der Waals surface area contributed by atoms with E-state index in [1.807, 2.05) is 13.1 Å². The van der Waals surface area contributed by atoms with Crippen molar-refractivity contribution in [2.75, 3.05) is 96.4 Å². The molecular weight excluding hydrogens is 1240 g/mol. The van der Waals surface area contributed by atoms with Gasteiger partial charge < -0.3 is 53.7 Å². The lowest BCUT2D eigenvalue weighted by molar-refractivity contribution is -0.157. The largest absolute Gasteiger partial charge is 0.444 e. The highest BCUT2D eigenvalue weighted by atomic mass is 16.6. The van der Waals surface area contributed by atoms with Gasteiger partial charge in [-0.3, -0.25) is 48.6 Å². The molecule has 11 rings (SSSR count). The Bertz CT molecular complexity index is 3430. The number of piperazine rings is 2. The number of anilines is 2. The Morgan fingerprint density at radius 2 is 1.36 bits per heavy atom. The van der Waals surface area contributed by atoms with Crippen molar-refractivity contribution >= 4 is 70.7 Å². The van der Waals surface area contributed by atoms with Gasteiger partial charge in [-0.25, -0.2) is 9.59 Å². The topological polar surface area (TPSA) is 258 Å². The first-order valence-electron chi connectivity index (χ1n) is 35.7. The average Bonchev–Trinajstić information content (AvgIpc) is 1.52. The van der Waals surface area contributed by atoms with E-state index in [-0.39, 0.29) is 98.8 Å². The third-order valence-electron chi connectivity index (χ3n) is 21.2. The molecule has 2 saturated carbocycles. The quantitative estimate of drug-likeness (QED) is 0.0565. The lowest BCUT2D eigenvalue weighted by atomic mass is 9.58. The van der Waals surface area contributed by atoms with Crippen LogP contribution in [0.5, 0.6) is 0 Å². The maximum atomic E-state index is 15.3. The summed E-state index contributed by atoms with van der Waals surface area (Å²) in [6, 6.07) is 10.6. The highest BCUT2D eigenvalue weighted by Crippen LogP contribution is 2.68. The van der Waals surface area contributed by atoms with Crippen LogP contribution in [-0.2, 0) is 47.7 Å². The summed E-state index contributed by atoms with van der Waals surface area (Å²) in [6.45, 7) is 13.5. The Hall–Kier alpha value is -7.66. The predicted molar refractivity (Wildman–Crippen MR) is 362 cm³/mol. The van der Waals surface area contributed by atoms with Gasteiger partial charge >= 0.3 is 12.2 Å². The van der Waals surface area contributed by atoms with Gasteiger partial charge in [-0.1, -0.05) is 49.5 Å². The lowest BCUT2D eigenvalue weighted by Crippen LogP contribution is -2.68. The second-order valence-electron chi connectivity index (χ2n) is 30.1. The van der Waals surface area contributed by atoms with E-state index in [1.54, 1.807) is 82.2 Å². The summed E-state index contributed by atoms with van der Waals surface area (Å²) in [4.78, 5) is 146. The third kappa shape index (κ3) is 15.9.